The van der Waals surface area contributed by atoms with Crippen LogP contribution in [0.2, 0.25) is 0 Å². The molecule has 0 spiro atoms. The Morgan fingerprint density at radius 2 is 2.00 bits per heavy atom. The summed E-state index contributed by atoms with van der Waals surface area (Å²) in [4.78, 5) is 4.17. The van der Waals surface area contributed by atoms with Crippen LogP contribution in [-0.2, 0) is 10.0 Å². The van der Waals surface area contributed by atoms with E-state index >= 15 is 0 Å². The van der Waals surface area contributed by atoms with Crippen molar-refractivity contribution in [1.82, 2.24) is 14.9 Å². The van der Waals surface area contributed by atoms with Gasteiger partial charge in [-0.1, -0.05) is 18.2 Å². The number of nitrogens with one attached hydrogen (secondary N) is 2. The molecule has 2 N–H and O–H groups in total. The highest BCUT2D eigenvalue weighted by atomic mass is 32.2. The molecular formula is C18H32N4O3S. The lowest BCUT2D eigenvalue weighted by molar-refractivity contribution is 0.222. The van der Waals surface area contributed by atoms with E-state index in [1.54, 1.807) is 21.0 Å². The van der Waals surface area contributed by atoms with E-state index in [2.05, 4.69) is 15.6 Å². The van der Waals surface area contributed by atoms with E-state index in [1.807, 2.05) is 38.1 Å². The van der Waals surface area contributed by atoms with Gasteiger partial charge in [0.1, 0.15) is 11.9 Å². The van der Waals surface area contributed by atoms with E-state index in [-0.39, 0.29) is 11.9 Å². The van der Waals surface area contributed by atoms with Gasteiger partial charge in [-0.25, -0.2) is 12.7 Å². The monoisotopic (exact) mass is 384 g/mol. The summed E-state index contributed by atoms with van der Waals surface area (Å²) in [6.45, 7) is 7.39. The van der Waals surface area contributed by atoms with Gasteiger partial charge in [0.2, 0.25) is 10.0 Å². The van der Waals surface area contributed by atoms with Crippen molar-refractivity contribution in [2.24, 2.45) is 4.99 Å². The van der Waals surface area contributed by atoms with E-state index < -0.39 is 10.0 Å². The smallest absolute Gasteiger partial charge is 0.213 e. The molecule has 0 heterocycles. The standard InChI is InChI=1S/C18H32N4O3S/c1-6-26(23,24)22(5)13-9-12-20-18(19-4)21-14-16(3)25-17-11-8-7-10-15(17)2/h7-8,10-11,16H,6,9,12-14H2,1-5H3,(H2,19,20,21). The Morgan fingerprint density at radius 3 is 2.62 bits per heavy atom. The fourth-order valence-electron chi connectivity index (χ4n) is 2.28. The van der Waals surface area contributed by atoms with Crippen molar-refractivity contribution in [3.63, 3.8) is 0 Å². The Labute approximate surface area is 157 Å². The van der Waals surface area contributed by atoms with Crippen molar-refractivity contribution in [1.29, 1.82) is 0 Å². The molecule has 0 aliphatic heterocycles. The number of guanidine groups is 1. The van der Waals surface area contributed by atoms with Crippen molar-refractivity contribution in [2.45, 2.75) is 33.3 Å². The van der Waals surface area contributed by atoms with Gasteiger partial charge in [0, 0.05) is 27.2 Å². The Balaban J connectivity index is 2.31. The third-order valence-corrected chi connectivity index (χ3v) is 5.85. The van der Waals surface area contributed by atoms with E-state index in [1.165, 1.54) is 4.31 Å². The van der Waals surface area contributed by atoms with Crippen molar-refractivity contribution in [3.05, 3.63) is 29.8 Å². The average Bonchev–Trinajstić information content (AvgIpc) is 2.62. The van der Waals surface area contributed by atoms with E-state index in [4.69, 9.17) is 4.74 Å². The highest BCUT2D eigenvalue weighted by Crippen LogP contribution is 2.17. The molecule has 0 amide bonds. The molecule has 7 nitrogen and oxygen atoms in total. The van der Waals surface area contributed by atoms with Gasteiger partial charge < -0.3 is 15.4 Å². The highest BCUT2D eigenvalue weighted by Gasteiger charge is 2.14. The summed E-state index contributed by atoms with van der Waals surface area (Å²) in [5.74, 6) is 1.68. The van der Waals surface area contributed by atoms with Crippen LogP contribution >= 0.6 is 0 Å². The molecule has 148 valence electrons. The number of aryl methyl sites for hydroxylation is 1. The van der Waals surface area contributed by atoms with Crippen molar-refractivity contribution >= 4 is 16.0 Å². The second-order valence-corrected chi connectivity index (χ2v) is 8.51. The van der Waals surface area contributed by atoms with Crippen molar-refractivity contribution in [3.8, 4) is 5.75 Å². The van der Waals surface area contributed by atoms with Gasteiger partial charge in [0.05, 0.1) is 12.3 Å². The van der Waals surface area contributed by atoms with Crippen LogP contribution in [0.3, 0.4) is 0 Å². The molecule has 0 saturated carbocycles. The lowest BCUT2D eigenvalue weighted by atomic mass is 10.2. The highest BCUT2D eigenvalue weighted by molar-refractivity contribution is 7.89. The number of hydrogen-bond acceptors (Lipinski definition) is 4. The molecule has 1 unspecified atom stereocenters. The first-order valence-corrected chi connectivity index (χ1v) is 10.5. The zero-order valence-electron chi connectivity index (χ0n) is 16.4. The molecule has 1 rings (SSSR count). The van der Waals surface area contributed by atoms with Crippen LogP contribution < -0.4 is 15.4 Å². The van der Waals surface area contributed by atoms with Gasteiger partial charge >= 0.3 is 0 Å². The normalized spacial score (nSPS) is 13.5. The predicted octanol–water partition coefficient (Wildman–Crippen LogP) is 1.60. The maximum atomic E-state index is 11.7. The van der Waals surface area contributed by atoms with Crippen LogP contribution in [0.5, 0.6) is 5.75 Å². The first-order chi connectivity index (χ1) is 12.3. The molecule has 0 saturated heterocycles. The molecule has 0 aliphatic rings. The molecular weight excluding hydrogens is 352 g/mol. The molecule has 0 fully saturated rings. The second-order valence-electron chi connectivity index (χ2n) is 6.15. The van der Waals surface area contributed by atoms with Crippen LogP contribution in [0.25, 0.3) is 0 Å². The molecule has 1 aromatic carbocycles. The summed E-state index contributed by atoms with van der Waals surface area (Å²) in [7, 11) is 0.196. The minimum absolute atomic E-state index is 0.0181. The molecule has 8 heteroatoms. The zero-order valence-corrected chi connectivity index (χ0v) is 17.3. The quantitative estimate of drug-likeness (QED) is 0.364. The van der Waals surface area contributed by atoms with Crippen LogP contribution in [0, 0.1) is 6.92 Å². The first kappa shape index (κ1) is 22.2. The van der Waals surface area contributed by atoms with E-state index in [9.17, 15) is 8.42 Å². The number of aliphatic imine (C=N–C) groups is 1. The Bertz CT molecular complexity index is 677. The van der Waals surface area contributed by atoms with Crippen molar-refractivity contribution in [2.75, 3.05) is 39.5 Å². The van der Waals surface area contributed by atoms with Crippen LogP contribution in [0.4, 0.5) is 0 Å². The molecule has 0 aliphatic carbocycles. The summed E-state index contributed by atoms with van der Waals surface area (Å²) >= 11 is 0. The second kappa shape index (κ2) is 11.0. The fourth-order valence-corrected chi connectivity index (χ4v) is 3.12. The number of benzene rings is 1. The van der Waals surface area contributed by atoms with Gasteiger partial charge in [0.25, 0.3) is 0 Å². The predicted molar refractivity (Wildman–Crippen MR) is 107 cm³/mol. The average molecular weight is 385 g/mol. The summed E-state index contributed by atoms with van der Waals surface area (Å²) in [6.07, 6.45) is 0.682. The van der Waals surface area contributed by atoms with Crippen LogP contribution in [0.15, 0.2) is 29.3 Å². The summed E-state index contributed by atoms with van der Waals surface area (Å²) < 4.78 is 30.7. The van der Waals surface area contributed by atoms with Crippen LogP contribution in [-0.4, -0.2) is 64.3 Å². The molecule has 0 aromatic heterocycles. The Kier molecular flexibility index (Phi) is 9.43. The van der Waals surface area contributed by atoms with Gasteiger partial charge in [-0.3, -0.25) is 4.99 Å². The van der Waals surface area contributed by atoms with Gasteiger partial charge in [-0.2, -0.15) is 0 Å². The minimum Gasteiger partial charge on any atom is -0.489 e. The lowest BCUT2D eigenvalue weighted by Gasteiger charge is -2.19. The molecule has 1 aromatic rings. The number of nitrogens with zero attached hydrogens (tertiary/aromatic N) is 2. The first-order valence-electron chi connectivity index (χ1n) is 8.91. The molecule has 1 atom stereocenters. The zero-order chi connectivity index (χ0) is 19.6. The van der Waals surface area contributed by atoms with E-state index in [0.29, 0.717) is 32.0 Å². The number of hydrogen-bond donors (Lipinski definition) is 2. The van der Waals surface area contributed by atoms with Crippen LogP contribution in [0.1, 0.15) is 25.8 Å². The Hall–Kier alpha value is -1.80. The van der Waals surface area contributed by atoms with Gasteiger partial charge in [0.15, 0.2) is 5.96 Å². The minimum atomic E-state index is -3.12. The number of para-hydroxylation sites is 1. The topological polar surface area (TPSA) is 83.0 Å². The summed E-state index contributed by atoms with van der Waals surface area (Å²) in [5.41, 5.74) is 1.10. The number of rotatable bonds is 10. The van der Waals surface area contributed by atoms with Crippen molar-refractivity contribution < 1.29 is 13.2 Å². The third kappa shape index (κ3) is 7.61. The van der Waals surface area contributed by atoms with E-state index in [0.717, 1.165) is 11.3 Å². The molecule has 26 heavy (non-hydrogen) atoms. The summed E-state index contributed by atoms with van der Waals surface area (Å²) in [5, 5.41) is 6.41. The third-order valence-electron chi connectivity index (χ3n) is 3.98. The van der Waals surface area contributed by atoms with Gasteiger partial charge in [-0.15, -0.1) is 0 Å². The Morgan fingerprint density at radius 1 is 1.31 bits per heavy atom. The molecule has 0 bridgehead atoms. The fraction of sp³-hybridized carbons (Fsp3) is 0.611. The summed E-state index contributed by atoms with van der Waals surface area (Å²) in [6, 6.07) is 7.92. The van der Waals surface area contributed by atoms with Gasteiger partial charge in [-0.05, 0) is 38.8 Å². The maximum Gasteiger partial charge on any atom is 0.213 e. The SMILES string of the molecule is CCS(=O)(=O)N(C)CCCNC(=NC)NCC(C)Oc1ccccc1C. The largest absolute Gasteiger partial charge is 0.489 e. The number of ether oxygens (including phenoxy) is 1. The molecule has 0 radical (unpaired) electrons. The number of sulfonamides is 1. The lowest BCUT2D eigenvalue weighted by Crippen LogP contribution is -2.42. The maximum absolute atomic E-state index is 11.7.